The lowest BCUT2D eigenvalue weighted by Gasteiger charge is -2.35. The second kappa shape index (κ2) is 11.1. The van der Waals surface area contributed by atoms with Gasteiger partial charge in [-0.3, -0.25) is 9.69 Å². The van der Waals surface area contributed by atoms with Gasteiger partial charge in [-0.15, -0.1) is 12.4 Å². The van der Waals surface area contributed by atoms with E-state index < -0.39 is 0 Å². The van der Waals surface area contributed by atoms with Crippen LogP contribution in [-0.2, 0) is 4.79 Å². The summed E-state index contributed by atoms with van der Waals surface area (Å²) in [5.74, 6) is 0.655. The Morgan fingerprint density at radius 3 is 2.43 bits per heavy atom. The van der Waals surface area contributed by atoms with E-state index in [-0.39, 0.29) is 31.0 Å². The highest BCUT2D eigenvalue weighted by Gasteiger charge is 2.22. The van der Waals surface area contributed by atoms with Gasteiger partial charge in [0.1, 0.15) is 5.75 Å². The summed E-state index contributed by atoms with van der Waals surface area (Å²) in [7, 11) is 0. The Labute approximate surface area is 174 Å². The Hall–Kier alpha value is -2.04. The predicted molar refractivity (Wildman–Crippen MR) is 116 cm³/mol. The summed E-state index contributed by atoms with van der Waals surface area (Å²) >= 11 is 0. The lowest BCUT2D eigenvalue weighted by molar-refractivity contribution is -0.123. The van der Waals surface area contributed by atoms with E-state index in [1.165, 1.54) is 30.4 Å². The first-order chi connectivity index (χ1) is 13.1. The molecule has 28 heavy (non-hydrogen) atoms. The minimum atomic E-state index is -0.0781. The van der Waals surface area contributed by atoms with Gasteiger partial charge >= 0.3 is 0 Å². The summed E-state index contributed by atoms with van der Waals surface area (Å²) in [4.78, 5) is 14.8. The number of piperidine rings is 1. The fourth-order valence-electron chi connectivity index (χ4n) is 3.59. The molecular formula is C23H31ClN2O2. The second-order valence-corrected chi connectivity index (χ2v) is 7.43. The normalized spacial score (nSPS) is 15.4. The average molecular weight is 403 g/mol. The first kappa shape index (κ1) is 22.3. The number of carbonyl (C=O) groups excluding carboxylic acids is 1. The van der Waals surface area contributed by atoms with E-state index in [1.54, 1.807) is 0 Å². The average Bonchev–Trinajstić information content (AvgIpc) is 2.69. The van der Waals surface area contributed by atoms with Crippen molar-refractivity contribution in [2.75, 3.05) is 26.2 Å². The molecule has 0 saturated carbocycles. The van der Waals surface area contributed by atoms with Crippen molar-refractivity contribution in [1.29, 1.82) is 0 Å². The Balaban J connectivity index is 0.00000280. The number of nitrogens with zero attached hydrogens (tertiary/aromatic N) is 1. The molecule has 1 amide bonds. The van der Waals surface area contributed by atoms with E-state index in [0.29, 0.717) is 6.54 Å². The molecule has 1 atom stereocenters. The van der Waals surface area contributed by atoms with Gasteiger partial charge in [-0.1, -0.05) is 48.4 Å². The zero-order valence-electron chi connectivity index (χ0n) is 16.8. The fourth-order valence-corrected chi connectivity index (χ4v) is 3.59. The SMILES string of the molecule is Cc1ccc(C(CNC(=O)COc2cccc(C)c2)N2CCCCC2)cc1.Cl. The number of benzene rings is 2. The smallest absolute Gasteiger partial charge is 0.258 e. The summed E-state index contributed by atoms with van der Waals surface area (Å²) in [6, 6.07) is 16.6. The zero-order valence-corrected chi connectivity index (χ0v) is 17.6. The Morgan fingerprint density at radius 1 is 1.04 bits per heavy atom. The van der Waals surface area contributed by atoms with Crippen molar-refractivity contribution in [1.82, 2.24) is 10.2 Å². The van der Waals surface area contributed by atoms with Crippen LogP contribution in [0.1, 0.15) is 42.0 Å². The third kappa shape index (κ3) is 6.54. The van der Waals surface area contributed by atoms with Gasteiger partial charge in [-0.25, -0.2) is 0 Å². The number of hydrogen-bond donors (Lipinski definition) is 1. The molecule has 1 aliphatic rings. The van der Waals surface area contributed by atoms with Crippen molar-refractivity contribution in [2.45, 2.75) is 39.2 Å². The summed E-state index contributed by atoms with van der Waals surface area (Å²) < 4.78 is 5.62. The molecule has 1 saturated heterocycles. The lowest BCUT2D eigenvalue weighted by Crippen LogP contribution is -2.41. The van der Waals surface area contributed by atoms with Gasteiger partial charge in [0.15, 0.2) is 6.61 Å². The van der Waals surface area contributed by atoms with Crippen LogP contribution >= 0.6 is 12.4 Å². The van der Waals surface area contributed by atoms with Crippen molar-refractivity contribution >= 4 is 18.3 Å². The number of hydrogen-bond acceptors (Lipinski definition) is 3. The van der Waals surface area contributed by atoms with Gasteiger partial charge < -0.3 is 10.1 Å². The van der Waals surface area contributed by atoms with Gasteiger partial charge in [0.05, 0.1) is 6.04 Å². The topological polar surface area (TPSA) is 41.6 Å². The minimum Gasteiger partial charge on any atom is -0.484 e. The maximum absolute atomic E-state index is 12.3. The van der Waals surface area contributed by atoms with E-state index in [4.69, 9.17) is 4.74 Å². The standard InChI is InChI=1S/C23H30N2O2.ClH/c1-18-9-11-20(12-10-18)22(25-13-4-3-5-14-25)16-24-23(26)17-27-21-8-6-7-19(2)15-21;/h6-12,15,22H,3-5,13-14,16-17H2,1-2H3,(H,24,26);1H. The Morgan fingerprint density at radius 2 is 1.75 bits per heavy atom. The molecule has 0 radical (unpaired) electrons. The van der Waals surface area contributed by atoms with E-state index in [1.807, 2.05) is 31.2 Å². The van der Waals surface area contributed by atoms with E-state index in [2.05, 4.69) is 41.4 Å². The summed E-state index contributed by atoms with van der Waals surface area (Å²) in [5, 5.41) is 3.07. The van der Waals surface area contributed by atoms with E-state index in [0.717, 1.165) is 24.4 Å². The molecular weight excluding hydrogens is 372 g/mol. The van der Waals surface area contributed by atoms with Crippen LogP contribution in [0.2, 0.25) is 0 Å². The van der Waals surface area contributed by atoms with Crippen molar-refractivity contribution < 1.29 is 9.53 Å². The molecule has 2 aromatic carbocycles. The molecule has 1 fully saturated rings. The number of rotatable bonds is 7. The van der Waals surface area contributed by atoms with Gasteiger partial charge in [0, 0.05) is 6.54 Å². The first-order valence-electron chi connectivity index (χ1n) is 9.88. The fraction of sp³-hybridized carbons (Fsp3) is 0.435. The predicted octanol–water partition coefficient (Wildman–Crippen LogP) is 4.45. The molecule has 5 heteroatoms. The molecule has 1 N–H and O–H groups in total. The third-order valence-corrected chi connectivity index (χ3v) is 5.15. The largest absolute Gasteiger partial charge is 0.484 e. The summed E-state index contributed by atoms with van der Waals surface area (Å²) in [6.07, 6.45) is 3.76. The van der Waals surface area contributed by atoms with Crippen LogP contribution in [0.3, 0.4) is 0 Å². The van der Waals surface area contributed by atoms with Crippen molar-refractivity contribution in [2.24, 2.45) is 0 Å². The number of carbonyl (C=O) groups is 1. The quantitative estimate of drug-likeness (QED) is 0.744. The van der Waals surface area contributed by atoms with Gasteiger partial charge in [-0.05, 0) is 63.0 Å². The maximum Gasteiger partial charge on any atom is 0.258 e. The van der Waals surface area contributed by atoms with Crippen molar-refractivity contribution in [3.05, 3.63) is 65.2 Å². The van der Waals surface area contributed by atoms with Crippen LogP contribution in [-0.4, -0.2) is 37.0 Å². The maximum atomic E-state index is 12.3. The zero-order chi connectivity index (χ0) is 19.1. The van der Waals surface area contributed by atoms with Crippen LogP contribution in [0.25, 0.3) is 0 Å². The summed E-state index contributed by atoms with van der Waals surface area (Å²) in [6.45, 7) is 6.95. The molecule has 152 valence electrons. The molecule has 3 rings (SSSR count). The van der Waals surface area contributed by atoms with Crippen LogP contribution in [0, 0.1) is 13.8 Å². The number of likely N-dealkylation sites (tertiary alicyclic amines) is 1. The van der Waals surface area contributed by atoms with Crippen LogP contribution in [0.5, 0.6) is 5.75 Å². The Kier molecular flexibility index (Phi) is 8.81. The van der Waals surface area contributed by atoms with Crippen LogP contribution < -0.4 is 10.1 Å². The van der Waals surface area contributed by atoms with Gasteiger partial charge in [-0.2, -0.15) is 0 Å². The van der Waals surface area contributed by atoms with Crippen molar-refractivity contribution in [3.8, 4) is 5.75 Å². The lowest BCUT2D eigenvalue weighted by atomic mass is 10.0. The number of amides is 1. The van der Waals surface area contributed by atoms with Gasteiger partial charge in [0.2, 0.25) is 0 Å². The highest BCUT2D eigenvalue weighted by Crippen LogP contribution is 2.24. The number of aryl methyl sites for hydroxylation is 2. The third-order valence-electron chi connectivity index (χ3n) is 5.15. The molecule has 1 aliphatic heterocycles. The monoisotopic (exact) mass is 402 g/mol. The summed E-state index contributed by atoms with van der Waals surface area (Å²) in [5.41, 5.74) is 3.64. The minimum absolute atomic E-state index is 0. The van der Waals surface area contributed by atoms with E-state index in [9.17, 15) is 4.79 Å². The number of nitrogens with one attached hydrogen (secondary N) is 1. The molecule has 1 heterocycles. The van der Waals surface area contributed by atoms with Crippen LogP contribution in [0.4, 0.5) is 0 Å². The molecule has 0 aliphatic carbocycles. The van der Waals surface area contributed by atoms with Crippen molar-refractivity contribution in [3.63, 3.8) is 0 Å². The highest BCUT2D eigenvalue weighted by molar-refractivity contribution is 5.85. The molecule has 1 unspecified atom stereocenters. The number of halogens is 1. The molecule has 0 aromatic heterocycles. The molecule has 0 spiro atoms. The second-order valence-electron chi connectivity index (χ2n) is 7.43. The molecule has 4 nitrogen and oxygen atoms in total. The van der Waals surface area contributed by atoms with E-state index >= 15 is 0 Å². The molecule has 0 bridgehead atoms. The molecule has 2 aromatic rings. The number of ether oxygens (including phenoxy) is 1. The van der Waals surface area contributed by atoms with Crippen LogP contribution in [0.15, 0.2) is 48.5 Å². The van der Waals surface area contributed by atoms with Gasteiger partial charge in [0.25, 0.3) is 5.91 Å². The first-order valence-corrected chi connectivity index (χ1v) is 9.88. The highest BCUT2D eigenvalue weighted by atomic mass is 35.5. The Bertz CT molecular complexity index is 743.